The Kier molecular flexibility index (Phi) is 2.96. The summed E-state index contributed by atoms with van der Waals surface area (Å²) in [7, 11) is 0. The second-order valence-corrected chi connectivity index (χ2v) is 4.04. The van der Waals surface area contributed by atoms with Crippen LogP contribution in [-0.2, 0) is 13.1 Å². The van der Waals surface area contributed by atoms with Crippen molar-refractivity contribution in [2.45, 2.75) is 20.0 Å². The normalized spacial score (nSPS) is 10.6. The molecular formula is C10H13N3S. The SMILES string of the molecule is Cc1[nH]ncc1CNCc1ccsc1. The summed E-state index contributed by atoms with van der Waals surface area (Å²) in [5.41, 5.74) is 3.72. The first-order valence-corrected chi connectivity index (χ1v) is 5.51. The van der Waals surface area contributed by atoms with Gasteiger partial charge in [0.25, 0.3) is 0 Å². The Labute approximate surface area is 87.2 Å². The van der Waals surface area contributed by atoms with E-state index in [1.165, 1.54) is 11.1 Å². The molecule has 2 rings (SSSR count). The van der Waals surface area contributed by atoms with Crippen LogP contribution < -0.4 is 5.32 Å². The minimum Gasteiger partial charge on any atom is -0.308 e. The molecule has 2 aromatic rings. The third kappa shape index (κ3) is 2.21. The topological polar surface area (TPSA) is 40.7 Å². The van der Waals surface area contributed by atoms with E-state index in [4.69, 9.17) is 0 Å². The number of aryl methyl sites for hydroxylation is 1. The van der Waals surface area contributed by atoms with Gasteiger partial charge in [-0.05, 0) is 29.3 Å². The highest BCUT2D eigenvalue weighted by Gasteiger charge is 1.99. The number of nitrogens with zero attached hydrogens (tertiary/aromatic N) is 1. The predicted octanol–water partition coefficient (Wildman–Crippen LogP) is 2.07. The molecule has 0 atom stereocenters. The van der Waals surface area contributed by atoms with E-state index in [2.05, 4.69) is 32.3 Å². The van der Waals surface area contributed by atoms with Gasteiger partial charge in [0.15, 0.2) is 0 Å². The van der Waals surface area contributed by atoms with Crippen LogP contribution in [-0.4, -0.2) is 10.2 Å². The molecule has 0 spiro atoms. The van der Waals surface area contributed by atoms with Gasteiger partial charge in [-0.3, -0.25) is 5.10 Å². The molecular weight excluding hydrogens is 194 g/mol. The fraction of sp³-hybridized carbons (Fsp3) is 0.300. The molecule has 0 aliphatic heterocycles. The molecule has 0 radical (unpaired) electrons. The van der Waals surface area contributed by atoms with Gasteiger partial charge in [-0.25, -0.2) is 0 Å². The molecule has 0 saturated heterocycles. The molecule has 2 N–H and O–H groups in total. The maximum Gasteiger partial charge on any atom is 0.0535 e. The average molecular weight is 207 g/mol. The Morgan fingerprint density at radius 2 is 2.43 bits per heavy atom. The first kappa shape index (κ1) is 9.43. The van der Waals surface area contributed by atoms with Crippen LogP contribution in [0.5, 0.6) is 0 Å². The molecule has 0 aliphatic carbocycles. The van der Waals surface area contributed by atoms with Gasteiger partial charge in [0.2, 0.25) is 0 Å². The third-order valence-electron chi connectivity index (χ3n) is 2.16. The first-order chi connectivity index (χ1) is 6.86. The van der Waals surface area contributed by atoms with Gasteiger partial charge in [0.1, 0.15) is 0 Å². The van der Waals surface area contributed by atoms with Crippen molar-refractivity contribution < 1.29 is 0 Å². The lowest BCUT2D eigenvalue weighted by Gasteiger charge is -2.01. The van der Waals surface area contributed by atoms with E-state index >= 15 is 0 Å². The van der Waals surface area contributed by atoms with Crippen LogP contribution in [0.15, 0.2) is 23.0 Å². The predicted molar refractivity (Wildman–Crippen MR) is 58.2 cm³/mol. The van der Waals surface area contributed by atoms with Crippen LogP contribution in [0.25, 0.3) is 0 Å². The number of H-pyrrole nitrogens is 1. The second kappa shape index (κ2) is 4.39. The molecule has 3 nitrogen and oxygen atoms in total. The molecule has 0 fully saturated rings. The van der Waals surface area contributed by atoms with Crippen molar-refractivity contribution in [2.75, 3.05) is 0 Å². The van der Waals surface area contributed by atoms with Gasteiger partial charge in [-0.15, -0.1) is 0 Å². The van der Waals surface area contributed by atoms with E-state index in [1.807, 2.05) is 13.1 Å². The van der Waals surface area contributed by atoms with Crippen molar-refractivity contribution >= 4 is 11.3 Å². The number of hydrogen-bond acceptors (Lipinski definition) is 3. The zero-order valence-corrected chi connectivity index (χ0v) is 8.90. The summed E-state index contributed by atoms with van der Waals surface area (Å²) in [6.07, 6.45) is 1.87. The monoisotopic (exact) mass is 207 g/mol. The third-order valence-corrected chi connectivity index (χ3v) is 2.89. The highest BCUT2D eigenvalue weighted by atomic mass is 32.1. The Balaban J connectivity index is 1.81. The summed E-state index contributed by atoms with van der Waals surface area (Å²) in [5.74, 6) is 0. The van der Waals surface area contributed by atoms with Crippen molar-refractivity contribution in [1.29, 1.82) is 0 Å². The maximum absolute atomic E-state index is 3.97. The number of aromatic amines is 1. The molecule has 74 valence electrons. The van der Waals surface area contributed by atoms with Crippen molar-refractivity contribution in [3.63, 3.8) is 0 Å². The van der Waals surface area contributed by atoms with Crippen LogP contribution in [0, 0.1) is 6.92 Å². The first-order valence-electron chi connectivity index (χ1n) is 4.57. The number of thiophene rings is 1. The van der Waals surface area contributed by atoms with Crippen LogP contribution in [0.1, 0.15) is 16.8 Å². The molecule has 0 bridgehead atoms. The van der Waals surface area contributed by atoms with Gasteiger partial charge in [0.05, 0.1) is 6.20 Å². The summed E-state index contributed by atoms with van der Waals surface area (Å²) >= 11 is 1.73. The lowest BCUT2D eigenvalue weighted by Crippen LogP contribution is -2.12. The maximum atomic E-state index is 3.97. The second-order valence-electron chi connectivity index (χ2n) is 3.26. The van der Waals surface area contributed by atoms with Gasteiger partial charge in [0, 0.05) is 24.3 Å². The Morgan fingerprint density at radius 1 is 1.50 bits per heavy atom. The molecule has 0 saturated carbocycles. The van der Waals surface area contributed by atoms with Gasteiger partial charge >= 0.3 is 0 Å². The minimum atomic E-state index is 0.873. The standard InChI is InChI=1S/C10H13N3S/c1-8-10(6-12-13-8)5-11-4-9-2-3-14-7-9/h2-3,6-7,11H,4-5H2,1H3,(H,12,13). The number of nitrogens with one attached hydrogen (secondary N) is 2. The zero-order valence-electron chi connectivity index (χ0n) is 8.08. The van der Waals surface area contributed by atoms with Crippen LogP contribution in [0.2, 0.25) is 0 Å². The fourth-order valence-electron chi connectivity index (χ4n) is 1.29. The molecule has 4 heteroatoms. The van der Waals surface area contributed by atoms with Crippen molar-refractivity contribution in [2.24, 2.45) is 0 Å². The minimum absolute atomic E-state index is 0.873. The molecule has 0 amide bonds. The van der Waals surface area contributed by atoms with Crippen LogP contribution in [0.3, 0.4) is 0 Å². The van der Waals surface area contributed by atoms with E-state index in [-0.39, 0.29) is 0 Å². The molecule has 0 unspecified atom stereocenters. The molecule has 14 heavy (non-hydrogen) atoms. The summed E-state index contributed by atoms with van der Waals surface area (Å²) in [6.45, 7) is 3.83. The lowest BCUT2D eigenvalue weighted by atomic mass is 10.2. The van der Waals surface area contributed by atoms with E-state index in [0.717, 1.165) is 18.8 Å². The van der Waals surface area contributed by atoms with E-state index < -0.39 is 0 Å². The van der Waals surface area contributed by atoms with E-state index in [1.54, 1.807) is 11.3 Å². The molecule has 0 aliphatic rings. The highest BCUT2D eigenvalue weighted by Crippen LogP contribution is 2.06. The zero-order chi connectivity index (χ0) is 9.80. The van der Waals surface area contributed by atoms with Crippen LogP contribution >= 0.6 is 11.3 Å². The highest BCUT2D eigenvalue weighted by molar-refractivity contribution is 7.07. The van der Waals surface area contributed by atoms with Crippen LogP contribution in [0.4, 0.5) is 0 Å². The quantitative estimate of drug-likeness (QED) is 0.805. The number of aromatic nitrogens is 2. The van der Waals surface area contributed by atoms with Crippen molar-refractivity contribution in [1.82, 2.24) is 15.5 Å². The summed E-state index contributed by atoms with van der Waals surface area (Å²) in [4.78, 5) is 0. The molecule has 2 aromatic heterocycles. The van der Waals surface area contributed by atoms with Crippen molar-refractivity contribution in [3.8, 4) is 0 Å². The fourth-order valence-corrected chi connectivity index (χ4v) is 1.96. The molecule has 0 aromatic carbocycles. The van der Waals surface area contributed by atoms with Gasteiger partial charge < -0.3 is 5.32 Å². The Hall–Kier alpha value is -1.13. The smallest absolute Gasteiger partial charge is 0.0535 e. The van der Waals surface area contributed by atoms with Crippen molar-refractivity contribution in [3.05, 3.63) is 39.8 Å². The summed E-state index contributed by atoms with van der Waals surface area (Å²) in [5, 5.41) is 14.5. The Morgan fingerprint density at radius 3 is 3.07 bits per heavy atom. The van der Waals surface area contributed by atoms with Gasteiger partial charge in [-0.1, -0.05) is 0 Å². The molecule has 2 heterocycles. The van der Waals surface area contributed by atoms with E-state index in [9.17, 15) is 0 Å². The summed E-state index contributed by atoms with van der Waals surface area (Å²) in [6, 6.07) is 2.14. The number of rotatable bonds is 4. The number of hydrogen-bond donors (Lipinski definition) is 2. The van der Waals surface area contributed by atoms with Gasteiger partial charge in [-0.2, -0.15) is 16.4 Å². The largest absolute Gasteiger partial charge is 0.308 e. The lowest BCUT2D eigenvalue weighted by molar-refractivity contribution is 0.692. The summed E-state index contributed by atoms with van der Waals surface area (Å²) < 4.78 is 0. The van der Waals surface area contributed by atoms with E-state index in [0.29, 0.717) is 0 Å². The Bertz CT molecular complexity index is 378. The average Bonchev–Trinajstić information content (AvgIpc) is 2.78.